The summed E-state index contributed by atoms with van der Waals surface area (Å²) in [5.41, 5.74) is 5.20. The first-order chi connectivity index (χ1) is 15.9. The summed E-state index contributed by atoms with van der Waals surface area (Å²) < 4.78 is 1.49. The van der Waals surface area contributed by atoms with Crippen LogP contribution in [-0.4, -0.2) is 27.6 Å². The SMILES string of the molecule is Cc1ccc(-n2[nH]c(C)c(C=NC3=CC=C[C@@H]4C(=O)c5ccccc5C(=O)[C@@H]34)c2=O)cc1C. The average molecular weight is 437 g/mol. The van der Waals surface area contributed by atoms with Crippen LogP contribution in [0.4, 0.5) is 0 Å². The Labute approximate surface area is 191 Å². The highest BCUT2D eigenvalue weighted by Gasteiger charge is 2.42. The number of carbonyl (C=O) groups excluding carboxylic acids is 2. The van der Waals surface area contributed by atoms with Crippen molar-refractivity contribution in [1.82, 2.24) is 9.78 Å². The van der Waals surface area contributed by atoms with Gasteiger partial charge >= 0.3 is 0 Å². The van der Waals surface area contributed by atoms with Gasteiger partial charge < -0.3 is 0 Å². The summed E-state index contributed by atoms with van der Waals surface area (Å²) in [7, 11) is 0. The molecule has 0 spiro atoms. The van der Waals surface area contributed by atoms with Crippen LogP contribution in [0.15, 0.2) is 76.2 Å². The number of aromatic nitrogens is 2. The first-order valence-corrected chi connectivity index (χ1v) is 10.9. The van der Waals surface area contributed by atoms with Crippen LogP contribution in [0.3, 0.4) is 0 Å². The summed E-state index contributed by atoms with van der Waals surface area (Å²) >= 11 is 0. The molecule has 1 aromatic heterocycles. The number of nitrogens with zero attached hydrogens (tertiary/aromatic N) is 2. The Morgan fingerprint density at radius 3 is 2.39 bits per heavy atom. The molecule has 2 atom stereocenters. The number of H-pyrrole nitrogens is 1. The van der Waals surface area contributed by atoms with Gasteiger partial charge in [-0.15, -0.1) is 0 Å². The number of ketones is 2. The van der Waals surface area contributed by atoms with Crippen LogP contribution >= 0.6 is 0 Å². The number of aryl methyl sites for hydroxylation is 3. The second kappa shape index (κ2) is 7.81. The lowest BCUT2D eigenvalue weighted by molar-refractivity contribution is 0.0793. The molecule has 2 aromatic carbocycles. The van der Waals surface area contributed by atoms with Crippen LogP contribution in [0, 0.1) is 32.6 Å². The summed E-state index contributed by atoms with van der Waals surface area (Å²) in [4.78, 5) is 43.9. The van der Waals surface area contributed by atoms with Gasteiger partial charge in [-0.05, 0) is 50.1 Å². The molecule has 1 heterocycles. The molecule has 0 unspecified atom stereocenters. The number of allylic oxidation sites excluding steroid dienone is 4. The van der Waals surface area contributed by atoms with Crippen molar-refractivity contribution in [2.24, 2.45) is 16.8 Å². The minimum atomic E-state index is -0.685. The van der Waals surface area contributed by atoms with Crippen molar-refractivity contribution in [2.45, 2.75) is 20.8 Å². The predicted molar refractivity (Wildman–Crippen MR) is 128 cm³/mol. The minimum Gasteiger partial charge on any atom is -0.295 e. The van der Waals surface area contributed by atoms with Gasteiger partial charge in [0.2, 0.25) is 0 Å². The molecule has 3 aromatic rings. The molecule has 0 fully saturated rings. The Kier molecular flexibility index (Phi) is 4.93. The third kappa shape index (κ3) is 3.35. The van der Waals surface area contributed by atoms with E-state index in [-0.39, 0.29) is 17.1 Å². The summed E-state index contributed by atoms with van der Waals surface area (Å²) in [6.45, 7) is 5.83. The molecule has 33 heavy (non-hydrogen) atoms. The van der Waals surface area contributed by atoms with E-state index in [1.54, 1.807) is 42.5 Å². The van der Waals surface area contributed by atoms with E-state index in [1.807, 2.05) is 39.0 Å². The van der Waals surface area contributed by atoms with E-state index < -0.39 is 11.8 Å². The van der Waals surface area contributed by atoms with Crippen molar-refractivity contribution >= 4 is 17.8 Å². The van der Waals surface area contributed by atoms with E-state index in [0.717, 1.165) is 16.8 Å². The number of rotatable bonds is 3. The molecular formula is C27H23N3O3. The van der Waals surface area contributed by atoms with Crippen LogP contribution in [0.2, 0.25) is 0 Å². The highest BCUT2D eigenvalue weighted by atomic mass is 16.1. The standard InChI is InChI=1S/C27H23N3O3/c1-15-11-12-18(13-16(15)2)30-27(33)22(17(3)29-30)14-28-23-10-6-9-21-24(23)26(32)20-8-5-4-7-19(20)25(21)31/h4-14,21,24,29H,1-3H3/t21-,24+/m0/s1. The Hall–Kier alpha value is -4.06. The molecule has 0 bridgehead atoms. The summed E-state index contributed by atoms with van der Waals surface area (Å²) in [5, 5.41) is 3.11. The van der Waals surface area contributed by atoms with Gasteiger partial charge in [-0.3, -0.25) is 24.5 Å². The van der Waals surface area contributed by atoms with Crippen molar-refractivity contribution < 1.29 is 9.59 Å². The number of aromatic amines is 1. The van der Waals surface area contributed by atoms with Gasteiger partial charge in [0.25, 0.3) is 5.56 Å². The van der Waals surface area contributed by atoms with Gasteiger partial charge in [-0.25, -0.2) is 4.68 Å². The summed E-state index contributed by atoms with van der Waals surface area (Å²) in [6, 6.07) is 12.7. The summed E-state index contributed by atoms with van der Waals surface area (Å²) in [6.07, 6.45) is 6.74. The second-order valence-corrected chi connectivity index (χ2v) is 8.57. The van der Waals surface area contributed by atoms with E-state index >= 15 is 0 Å². The van der Waals surface area contributed by atoms with E-state index in [4.69, 9.17) is 0 Å². The molecule has 0 saturated heterocycles. The number of benzene rings is 2. The van der Waals surface area contributed by atoms with Crippen LogP contribution in [0.1, 0.15) is 43.1 Å². The smallest absolute Gasteiger partial charge is 0.280 e. The molecule has 0 saturated carbocycles. The molecule has 6 heteroatoms. The van der Waals surface area contributed by atoms with E-state index in [1.165, 1.54) is 10.9 Å². The largest absolute Gasteiger partial charge is 0.295 e. The number of hydrogen-bond acceptors (Lipinski definition) is 4. The maximum Gasteiger partial charge on any atom is 0.280 e. The van der Waals surface area contributed by atoms with Gasteiger partial charge in [0, 0.05) is 23.0 Å². The van der Waals surface area contributed by atoms with Crippen molar-refractivity contribution in [3.63, 3.8) is 0 Å². The van der Waals surface area contributed by atoms with Gasteiger partial charge in [-0.1, -0.05) is 42.5 Å². The van der Waals surface area contributed by atoms with Gasteiger partial charge in [0.05, 0.1) is 28.8 Å². The normalized spacial score (nSPS) is 19.5. The second-order valence-electron chi connectivity index (χ2n) is 8.57. The highest BCUT2D eigenvalue weighted by molar-refractivity contribution is 6.17. The fourth-order valence-corrected chi connectivity index (χ4v) is 4.49. The van der Waals surface area contributed by atoms with Crippen molar-refractivity contribution in [2.75, 3.05) is 0 Å². The van der Waals surface area contributed by atoms with Crippen LogP contribution in [-0.2, 0) is 0 Å². The molecule has 6 nitrogen and oxygen atoms in total. The van der Waals surface area contributed by atoms with Crippen LogP contribution in [0.25, 0.3) is 5.69 Å². The van der Waals surface area contributed by atoms with Crippen LogP contribution in [0.5, 0.6) is 0 Å². The Balaban J connectivity index is 1.51. The zero-order valence-corrected chi connectivity index (χ0v) is 18.6. The molecule has 0 radical (unpaired) electrons. The number of fused-ring (bicyclic) bond motifs is 2. The maximum absolute atomic E-state index is 13.2. The number of carbonyl (C=O) groups is 2. The Morgan fingerprint density at radius 2 is 1.67 bits per heavy atom. The molecular weight excluding hydrogens is 414 g/mol. The number of aliphatic imine (C=N–C) groups is 1. The third-order valence-corrected chi connectivity index (χ3v) is 6.51. The summed E-state index contributed by atoms with van der Waals surface area (Å²) in [5.74, 6) is -1.47. The third-order valence-electron chi connectivity index (χ3n) is 6.51. The quantitative estimate of drug-likeness (QED) is 0.621. The number of hydrogen-bond donors (Lipinski definition) is 1. The van der Waals surface area contributed by atoms with Gasteiger partial charge in [-0.2, -0.15) is 0 Å². The van der Waals surface area contributed by atoms with Crippen molar-refractivity contribution in [1.29, 1.82) is 0 Å². The fourth-order valence-electron chi connectivity index (χ4n) is 4.49. The van der Waals surface area contributed by atoms with Gasteiger partial charge in [0.15, 0.2) is 11.6 Å². The molecule has 2 aliphatic carbocycles. The molecule has 1 N–H and O–H groups in total. The average Bonchev–Trinajstić information content (AvgIpc) is 3.10. The lowest BCUT2D eigenvalue weighted by atomic mass is 9.71. The molecule has 0 aliphatic heterocycles. The van der Waals surface area contributed by atoms with Crippen molar-refractivity contribution in [3.05, 3.63) is 110 Å². The zero-order chi connectivity index (χ0) is 23.3. The van der Waals surface area contributed by atoms with E-state index in [9.17, 15) is 14.4 Å². The lowest BCUT2D eigenvalue weighted by Crippen LogP contribution is -2.37. The first-order valence-electron chi connectivity index (χ1n) is 10.9. The minimum absolute atomic E-state index is 0.0813. The number of nitrogens with one attached hydrogen (secondary N) is 1. The first kappa shape index (κ1) is 20.8. The molecule has 2 aliphatic rings. The zero-order valence-electron chi connectivity index (χ0n) is 18.6. The predicted octanol–water partition coefficient (Wildman–Crippen LogP) is 4.28. The molecule has 0 amide bonds. The highest BCUT2D eigenvalue weighted by Crippen LogP contribution is 2.38. The van der Waals surface area contributed by atoms with Crippen molar-refractivity contribution in [3.8, 4) is 5.69 Å². The maximum atomic E-state index is 13.2. The fraction of sp³-hybridized carbons (Fsp3) is 0.185. The number of Topliss-reactive ketones (excluding diaryl/α,β-unsaturated/α-hetero) is 2. The van der Waals surface area contributed by atoms with E-state index in [2.05, 4.69) is 10.1 Å². The lowest BCUT2D eigenvalue weighted by Gasteiger charge is -2.30. The molecule has 164 valence electrons. The topological polar surface area (TPSA) is 84.3 Å². The Morgan fingerprint density at radius 1 is 0.939 bits per heavy atom. The monoisotopic (exact) mass is 437 g/mol. The molecule has 5 rings (SSSR count). The van der Waals surface area contributed by atoms with E-state index in [0.29, 0.717) is 28.1 Å². The van der Waals surface area contributed by atoms with Gasteiger partial charge in [0.1, 0.15) is 0 Å². The van der Waals surface area contributed by atoms with Crippen LogP contribution < -0.4 is 5.56 Å². The Bertz CT molecular complexity index is 1470.